The summed E-state index contributed by atoms with van der Waals surface area (Å²) in [5.41, 5.74) is 1.38. The second-order valence-corrected chi connectivity index (χ2v) is 6.16. The lowest BCUT2D eigenvalue weighted by Crippen LogP contribution is -2.33. The van der Waals surface area contributed by atoms with Gasteiger partial charge in [-0.25, -0.2) is 4.79 Å². The molecule has 1 fully saturated rings. The molecule has 0 saturated carbocycles. The van der Waals surface area contributed by atoms with Gasteiger partial charge in [0.1, 0.15) is 6.04 Å². The van der Waals surface area contributed by atoms with Gasteiger partial charge < -0.3 is 0 Å². The minimum atomic E-state index is -0.564. The van der Waals surface area contributed by atoms with Gasteiger partial charge in [-0.1, -0.05) is 41.4 Å². The highest BCUT2D eigenvalue weighted by Crippen LogP contribution is 2.29. The molecular formula is C17H14Cl2N2O2. The second-order valence-electron chi connectivity index (χ2n) is 5.32. The Balaban J connectivity index is 1.89. The minimum Gasteiger partial charge on any atom is -0.282 e. The molecule has 0 spiro atoms. The summed E-state index contributed by atoms with van der Waals surface area (Å²) >= 11 is 12.0. The van der Waals surface area contributed by atoms with Crippen molar-refractivity contribution in [1.29, 1.82) is 0 Å². The molecule has 0 radical (unpaired) electrons. The van der Waals surface area contributed by atoms with E-state index < -0.39 is 6.04 Å². The van der Waals surface area contributed by atoms with E-state index in [2.05, 4.69) is 0 Å². The zero-order valence-corrected chi connectivity index (χ0v) is 13.9. The van der Waals surface area contributed by atoms with Crippen molar-refractivity contribution in [1.82, 2.24) is 4.90 Å². The number of urea groups is 1. The van der Waals surface area contributed by atoms with Gasteiger partial charge in [0, 0.05) is 15.7 Å². The van der Waals surface area contributed by atoms with Crippen LogP contribution in [0.3, 0.4) is 0 Å². The molecule has 1 heterocycles. The highest BCUT2D eigenvalue weighted by Gasteiger charge is 2.43. The number of anilines is 1. The molecule has 1 atom stereocenters. The van der Waals surface area contributed by atoms with Crippen molar-refractivity contribution < 1.29 is 9.59 Å². The Morgan fingerprint density at radius 1 is 1.00 bits per heavy atom. The van der Waals surface area contributed by atoms with Gasteiger partial charge in [-0.15, -0.1) is 0 Å². The van der Waals surface area contributed by atoms with E-state index in [4.69, 9.17) is 23.2 Å². The van der Waals surface area contributed by atoms with Crippen LogP contribution < -0.4 is 4.90 Å². The van der Waals surface area contributed by atoms with Crippen LogP contribution in [0.15, 0.2) is 48.5 Å². The third-order valence-electron chi connectivity index (χ3n) is 3.84. The maximum absolute atomic E-state index is 12.7. The summed E-state index contributed by atoms with van der Waals surface area (Å²) in [6, 6.07) is 13.1. The molecule has 0 bridgehead atoms. The van der Waals surface area contributed by atoms with E-state index in [9.17, 15) is 9.59 Å². The fraction of sp³-hybridized carbons (Fsp3) is 0.176. The summed E-state index contributed by atoms with van der Waals surface area (Å²) in [5.74, 6) is -0.245. The van der Waals surface area contributed by atoms with Crippen LogP contribution in [0.2, 0.25) is 10.0 Å². The van der Waals surface area contributed by atoms with Crippen LogP contribution in [0.25, 0.3) is 0 Å². The molecule has 1 aliphatic heterocycles. The van der Waals surface area contributed by atoms with Gasteiger partial charge in [0.2, 0.25) is 0 Å². The maximum Gasteiger partial charge on any atom is 0.332 e. The van der Waals surface area contributed by atoms with Crippen molar-refractivity contribution in [3.63, 3.8) is 0 Å². The fourth-order valence-corrected chi connectivity index (χ4v) is 2.93. The average Bonchev–Trinajstić information content (AvgIpc) is 2.74. The molecule has 6 heteroatoms. The van der Waals surface area contributed by atoms with Crippen molar-refractivity contribution in [3.8, 4) is 0 Å². The van der Waals surface area contributed by atoms with Gasteiger partial charge in [0.15, 0.2) is 0 Å². The Morgan fingerprint density at radius 3 is 2.30 bits per heavy atom. The number of nitrogens with zero attached hydrogens (tertiary/aromatic N) is 2. The van der Waals surface area contributed by atoms with E-state index in [0.717, 1.165) is 5.56 Å². The predicted molar refractivity (Wildman–Crippen MR) is 90.8 cm³/mol. The molecule has 1 unspecified atom stereocenters. The Bertz CT molecular complexity index is 761. The number of benzene rings is 2. The van der Waals surface area contributed by atoms with E-state index in [0.29, 0.717) is 15.7 Å². The number of amides is 3. The Labute approximate surface area is 144 Å². The highest BCUT2D eigenvalue weighted by molar-refractivity contribution is 6.31. The van der Waals surface area contributed by atoms with Crippen molar-refractivity contribution in [3.05, 3.63) is 64.1 Å². The number of halogens is 2. The van der Waals surface area contributed by atoms with Crippen LogP contribution in [-0.4, -0.2) is 22.9 Å². The van der Waals surface area contributed by atoms with Crippen LogP contribution in [0.5, 0.6) is 0 Å². The first kappa shape index (κ1) is 15.8. The summed E-state index contributed by atoms with van der Waals surface area (Å²) in [6.07, 6.45) is 0. The van der Waals surface area contributed by atoms with Crippen LogP contribution in [0.1, 0.15) is 12.5 Å². The molecular weight excluding hydrogens is 335 g/mol. The van der Waals surface area contributed by atoms with Crippen LogP contribution in [-0.2, 0) is 11.3 Å². The molecule has 118 valence electrons. The van der Waals surface area contributed by atoms with Crippen LogP contribution in [0.4, 0.5) is 10.5 Å². The monoisotopic (exact) mass is 348 g/mol. The molecule has 3 rings (SSSR count). The summed E-state index contributed by atoms with van der Waals surface area (Å²) in [5, 5.41) is 1.11. The zero-order valence-electron chi connectivity index (χ0n) is 12.4. The average molecular weight is 349 g/mol. The first-order chi connectivity index (χ1) is 11.0. The van der Waals surface area contributed by atoms with E-state index >= 15 is 0 Å². The molecule has 1 saturated heterocycles. The lowest BCUT2D eigenvalue weighted by molar-refractivity contribution is -0.127. The van der Waals surface area contributed by atoms with Crippen molar-refractivity contribution >= 4 is 40.8 Å². The summed E-state index contributed by atoms with van der Waals surface area (Å²) in [4.78, 5) is 27.8. The number of hydrogen-bond acceptors (Lipinski definition) is 2. The number of carbonyl (C=O) groups excluding carboxylic acids is 2. The first-order valence-electron chi connectivity index (χ1n) is 7.12. The second kappa shape index (κ2) is 6.22. The smallest absolute Gasteiger partial charge is 0.282 e. The zero-order chi connectivity index (χ0) is 16.6. The molecule has 0 aromatic heterocycles. The van der Waals surface area contributed by atoms with Crippen molar-refractivity contribution in [2.45, 2.75) is 19.5 Å². The van der Waals surface area contributed by atoms with Gasteiger partial charge >= 0.3 is 6.03 Å². The normalized spacial score (nSPS) is 18.0. The largest absolute Gasteiger partial charge is 0.332 e. The molecule has 1 aliphatic rings. The van der Waals surface area contributed by atoms with Gasteiger partial charge in [-0.3, -0.25) is 14.6 Å². The lowest BCUT2D eigenvalue weighted by atomic mass is 10.2. The van der Waals surface area contributed by atoms with E-state index in [-0.39, 0.29) is 18.5 Å². The number of carbonyl (C=O) groups is 2. The Morgan fingerprint density at radius 2 is 1.65 bits per heavy atom. The van der Waals surface area contributed by atoms with E-state index in [1.165, 1.54) is 9.80 Å². The van der Waals surface area contributed by atoms with Gasteiger partial charge in [-0.2, -0.15) is 0 Å². The summed E-state index contributed by atoms with van der Waals surface area (Å²) in [6.45, 7) is 1.87. The fourth-order valence-electron chi connectivity index (χ4n) is 2.60. The summed E-state index contributed by atoms with van der Waals surface area (Å²) < 4.78 is 0. The topological polar surface area (TPSA) is 40.6 Å². The third-order valence-corrected chi connectivity index (χ3v) is 4.46. The SMILES string of the molecule is CC1C(=O)N(Cc2ccccc2Cl)C(=O)N1c1ccc(Cl)cc1. The van der Waals surface area contributed by atoms with Crippen LogP contribution >= 0.6 is 23.2 Å². The minimum absolute atomic E-state index is 0.159. The van der Waals surface area contributed by atoms with Gasteiger partial charge in [-0.05, 0) is 42.8 Å². The molecule has 23 heavy (non-hydrogen) atoms. The quantitative estimate of drug-likeness (QED) is 0.773. The van der Waals surface area contributed by atoms with E-state index in [1.807, 2.05) is 12.1 Å². The Hall–Kier alpha value is -2.04. The first-order valence-corrected chi connectivity index (χ1v) is 7.88. The maximum atomic E-state index is 12.7. The van der Waals surface area contributed by atoms with Gasteiger partial charge in [0.05, 0.1) is 6.54 Å². The molecule has 2 aromatic rings. The molecule has 3 amide bonds. The van der Waals surface area contributed by atoms with Crippen LogP contribution in [0, 0.1) is 0 Å². The molecule has 0 N–H and O–H groups in total. The molecule has 2 aromatic carbocycles. The van der Waals surface area contributed by atoms with Crippen molar-refractivity contribution in [2.24, 2.45) is 0 Å². The third kappa shape index (κ3) is 2.92. The lowest BCUT2D eigenvalue weighted by Gasteiger charge is -2.19. The highest BCUT2D eigenvalue weighted by atomic mass is 35.5. The molecule has 0 aliphatic carbocycles. The Kier molecular flexibility index (Phi) is 4.28. The summed E-state index contributed by atoms with van der Waals surface area (Å²) in [7, 11) is 0. The standard InChI is InChI=1S/C17H14Cl2N2O2/c1-11-16(22)20(10-12-4-2-3-5-15(12)19)17(23)21(11)14-8-6-13(18)7-9-14/h2-9,11H,10H2,1H3. The number of imide groups is 1. The number of hydrogen-bond donors (Lipinski definition) is 0. The van der Waals surface area contributed by atoms with Gasteiger partial charge in [0.25, 0.3) is 5.91 Å². The van der Waals surface area contributed by atoms with E-state index in [1.54, 1.807) is 43.3 Å². The number of rotatable bonds is 3. The predicted octanol–water partition coefficient (Wildman–Crippen LogP) is 4.35. The molecule has 4 nitrogen and oxygen atoms in total. The van der Waals surface area contributed by atoms with Crippen molar-refractivity contribution in [2.75, 3.05) is 4.90 Å².